The molecular weight excluding hydrogens is 320 g/mol. The minimum absolute atomic E-state index is 0.0696. The Hall–Kier alpha value is -1.62. The summed E-state index contributed by atoms with van der Waals surface area (Å²) in [6, 6.07) is 2.15. The Morgan fingerprint density at radius 3 is 2.30 bits per heavy atom. The van der Waals surface area contributed by atoms with Gasteiger partial charge in [0, 0.05) is 5.56 Å². The predicted molar refractivity (Wildman–Crippen MR) is 82.0 cm³/mol. The summed E-state index contributed by atoms with van der Waals surface area (Å²) in [5.41, 5.74) is 7.02. The number of benzene rings is 1. The van der Waals surface area contributed by atoms with Crippen molar-refractivity contribution in [2.24, 2.45) is 0 Å². The van der Waals surface area contributed by atoms with Crippen LogP contribution in [0.1, 0.15) is 27.9 Å². The van der Waals surface area contributed by atoms with Crippen LogP contribution in [-0.2, 0) is 11.2 Å². The van der Waals surface area contributed by atoms with Crippen molar-refractivity contribution in [3.05, 3.63) is 38.7 Å². The van der Waals surface area contributed by atoms with Gasteiger partial charge < -0.3 is 10.1 Å². The van der Waals surface area contributed by atoms with E-state index >= 15 is 0 Å². The van der Waals surface area contributed by atoms with Crippen LogP contribution in [0.15, 0.2) is 10.8 Å². The number of H-pyrrole nitrogens is 1. The predicted octanol–water partition coefficient (Wildman–Crippen LogP) is 3.70. The number of aryl methyl sites for hydroxylation is 2. The number of aromatic nitrogens is 2. The van der Waals surface area contributed by atoms with E-state index in [1.165, 1.54) is 11.1 Å². The van der Waals surface area contributed by atoms with Gasteiger partial charge in [-0.15, -0.1) is 0 Å². The molecule has 20 heavy (non-hydrogen) atoms. The number of hydrogen-bond donors (Lipinski definition) is 2. The molecule has 0 amide bonds. The summed E-state index contributed by atoms with van der Waals surface area (Å²) >= 11 is 3.30. The lowest BCUT2D eigenvalue weighted by atomic mass is 9.91. The van der Waals surface area contributed by atoms with Crippen LogP contribution in [0.2, 0.25) is 0 Å². The van der Waals surface area contributed by atoms with Gasteiger partial charge >= 0.3 is 5.97 Å². The lowest BCUT2D eigenvalue weighted by Crippen LogP contribution is -2.04. The number of nitrogens with zero attached hydrogens (tertiary/aromatic N) is 1. The monoisotopic (exact) mass is 336 g/mol. The van der Waals surface area contributed by atoms with Crippen LogP contribution in [0.25, 0.3) is 11.3 Å². The zero-order valence-electron chi connectivity index (χ0n) is 12.0. The van der Waals surface area contributed by atoms with Crippen LogP contribution in [0.4, 0.5) is 0 Å². The summed E-state index contributed by atoms with van der Waals surface area (Å²) in [7, 11) is 0. The normalized spacial score (nSPS) is 10.8. The smallest absolute Gasteiger partial charge is 0.309 e. The van der Waals surface area contributed by atoms with E-state index in [2.05, 4.69) is 45.8 Å². The first-order valence-corrected chi connectivity index (χ1v) is 7.14. The summed E-state index contributed by atoms with van der Waals surface area (Å²) in [6.07, 6.45) is -0.0696. The number of aromatic amines is 1. The molecule has 0 atom stereocenters. The molecule has 0 unspecified atom stereocenters. The van der Waals surface area contributed by atoms with E-state index in [0.717, 1.165) is 22.4 Å². The Morgan fingerprint density at radius 2 is 1.80 bits per heavy atom. The molecule has 2 rings (SSSR count). The fourth-order valence-electron chi connectivity index (χ4n) is 2.44. The van der Waals surface area contributed by atoms with Gasteiger partial charge in [0.2, 0.25) is 0 Å². The molecule has 0 saturated heterocycles. The fourth-order valence-corrected chi connectivity index (χ4v) is 2.85. The molecule has 0 radical (unpaired) electrons. The first-order valence-electron chi connectivity index (χ1n) is 6.35. The van der Waals surface area contributed by atoms with E-state index in [1.54, 1.807) is 0 Å². The number of rotatable bonds is 3. The van der Waals surface area contributed by atoms with Gasteiger partial charge in [-0.3, -0.25) is 4.79 Å². The van der Waals surface area contributed by atoms with Crippen LogP contribution in [0, 0.1) is 27.7 Å². The Labute approximate surface area is 126 Å². The van der Waals surface area contributed by atoms with Crippen LogP contribution < -0.4 is 0 Å². The summed E-state index contributed by atoms with van der Waals surface area (Å²) in [5.74, 6) is -0.873. The van der Waals surface area contributed by atoms with E-state index in [4.69, 9.17) is 5.11 Å². The largest absolute Gasteiger partial charge is 0.481 e. The Morgan fingerprint density at radius 1 is 1.25 bits per heavy atom. The number of carboxylic acids is 1. The van der Waals surface area contributed by atoms with Crippen molar-refractivity contribution in [3.8, 4) is 11.3 Å². The number of aliphatic carboxylic acids is 1. The second-order valence-corrected chi connectivity index (χ2v) is 5.81. The quantitative estimate of drug-likeness (QED) is 0.897. The third kappa shape index (κ3) is 2.63. The van der Waals surface area contributed by atoms with Crippen molar-refractivity contribution < 1.29 is 9.90 Å². The summed E-state index contributed by atoms with van der Waals surface area (Å²) < 4.78 is 0.557. The number of carboxylic acid groups (broad SMARTS) is 1. The highest BCUT2D eigenvalue weighted by molar-refractivity contribution is 9.10. The summed E-state index contributed by atoms with van der Waals surface area (Å²) in [5, 5.41) is 9.03. The number of hydrogen-bond acceptors (Lipinski definition) is 2. The maximum Gasteiger partial charge on any atom is 0.309 e. The van der Waals surface area contributed by atoms with Gasteiger partial charge in [0.1, 0.15) is 0 Å². The van der Waals surface area contributed by atoms with E-state index in [1.807, 2.05) is 13.8 Å². The van der Waals surface area contributed by atoms with Gasteiger partial charge in [0.15, 0.2) is 4.73 Å². The summed E-state index contributed by atoms with van der Waals surface area (Å²) in [4.78, 5) is 18.4. The number of carbonyl (C=O) groups is 1. The Balaban J connectivity index is 2.71. The molecule has 0 spiro atoms. The molecule has 0 aliphatic heterocycles. The number of imidazole rings is 1. The first kappa shape index (κ1) is 14.8. The van der Waals surface area contributed by atoms with E-state index in [-0.39, 0.29) is 6.42 Å². The molecule has 2 aromatic rings. The second-order valence-electron chi connectivity index (χ2n) is 5.06. The maximum atomic E-state index is 11.0. The summed E-state index contributed by atoms with van der Waals surface area (Å²) in [6.45, 7) is 8.21. The molecule has 0 bridgehead atoms. The molecule has 106 valence electrons. The molecule has 2 N–H and O–H groups in total. The maximum absolute atomic E-state index is 11.0. The first-order chi connectivity index (χ1) is 9.31. The molecule has 1 heterocycles. The fraction of sp³-hybridized carbons (Fsp3) is 0.333. The van der Waals surface area contributed by atoms with Crippen LogP contribution in [0.3, 0.4) is 0 Å². The molecule has 0 saturated carbocycles. The molecule has 0 aliphatic carbocycles. The zero-order chi connectivity index (χ0) is 15.0. The van der Waals surface area contributed by atoms with E-state index in [9.17, 15) is 4.79 Å². The van der Waals surface area contributed by atoms with Crippen molar-refractivity contribution in [3.63, 3.8) is 0 Å². The Bertz CT molecular complexity index is 663. The van der Waals surface area contributed by atoms with Gasteiger partial charge in [-0.25, -0.2) is 4.98 Å². The standard InChI is InChI=1S/C15H17BrN2O2/c1-7-5-8(2)10(4)13(9(7)3)14-11(6-12(19)20)17-15(16)18-14/h5H,6H2,1-4H3,(H,17,18)(H,19,20). The van der Waals surface area contributed by atoms with Gasteiger partial charge in [-0.1, -0.05) is 6.07 Å². The lowest BCUT2D eigenvalue weighted by molar-refractivity contribution is -0.136. The Kier molecular flexibility index (Phi) is 3.99. The highest BCUT2D eigenvalue weighted by Gasteiger charge is 2.19. The van der Waals surface area contributed by atoms with Crippen LogP contribution in [-0.4, -0.2) is 21.0 Å². The lowest BCUT2D eigenvalue weighted by Gasteiger charge is -2.14. The molecule has 4 nitrogen and oxygen atoms in total. The van der Waals surface area contributed by atoms with Gasteiger partial charge in [0.05, 0.1) is 17.8 Å². The topological polar surface area (TPSA) is 66.0 Å². The average molecular weight is 337 g/mol. The van der Waals surface area contributed by atoms with Crippen molar-refractivity contribution in [1.82, 2.24) is 9.97 Å². The third-order valence-corrected chi connectivity index (χ3v) is 4.06. The SMILES string of the molecule is Cc1cc(C)c(C)c(-c2nc(Br)[nH]c2CC(=O)O)c1C. The van der Waals surface area contributed by atoms with Crippen molar-refractivity contribution in [1.29, 1.82) is 0 Å². The molecule has 1 aromatic carbocycles. The highest BCUT2D eigenvalue weighted by Crippen LogP contribution is 2.33. The average Bonchev–Trinajstić information content (AvgIpc) is 2.67. The van der Waals surface area contributed by atoms with Gasteiger partial charge in [-0.05, 0) is 65.9 Å². The molecule has 1 aromatic heterocycles. The second kappa shape index (κ2) is 5.40. The number of nitrogens with one attached hydrogen (secondary N) is 1. The minimum atomic E-state index is -0.873. The van der Waals surface area contributed by atoms with Gasteiger partial charge in [0.25, 0.3) is 0 Å². The van der Waals surface area contributed by atoms with Gasteiger partial charge in [-0.2, -0.15) is 0 Å². The van der Waals surface area contributed by atoms with Crippen molar-refractivity contribution in [2.45, 2.75) is 34.1 Å². The van der Waals surface area contributed by atoms with Crippen molar-refractivity contribution >= 4 is 21.9 Å². The van der Waals surface area contributed by atoms with Crippen molar-refractivity contribution in [2.75, 3.05) is 0 Å². The van der Waals surface area contributed by atoms with E-state index < -0.39 is 5.97 Å². The third-order valence-electron chi connectivity index (χ3n) is 3.68. The molecule has 0 aliphatic rings. The molecule has 0 fully saturated rings. The minimum Gasteiger partial charge on any atom is -0.481 e. The molecule has 5 heteroatoms. The van der Waals surface area contributed by atoms with Crippen LogP contribution in [0.5, 0.6) is 0 Å². The van der Waals surface area contributed by atoms with E-state index in [0.29, 0.717) is 10.4 Å². The number of halogens is 1. The highest BCUT2D eigenvalue weighted by atomic mass is 79.9. The zero-order valence-corrected chi connectivity index (χ0v) is 13.6. The van der Waals surface area contributed by atoms with Crippen LogP contribution >= 0.6 is 15.9 Å². The molecular formula is C15H17BrN2O2.